The second kappa shape index (κ2) is 6.29. The van der Waals surface area contributed by atoms with E-state index in [1.807, 2.05) is 18.2 Å². The van der Waals surface area contributed by atoms with Crippen molar-refractivity contribution in [3.63, 3.8) is 0 Å². The maximum atomic E-state index is 12.1. The molecule has 1 amide bonds. The van der Waals surface area contributed by atoms with E-state index < -0.39 is 15.9 Å². The highest BCUT2D eigenvalue weighted by Gasteiger charge is 2.25. The van der Waals surface area contributed by atoms with Gasteiger partial charge in [-0.05, 0) is 37.5 Å². The minimum atomic E-state index is -3.97. The highest BCUT2D eigenvalue weighted by molar-refractivity contribution is 7.90. The summed E-state index contributed by atoms with van der Waals surface area (Å²) in [6, 6.07) is 5.57. The number of carbonyl (C=O) groups excluding carboxylic acids is 1. The number of hydrogen-bond donors (Lipinski definition) is 1. The molecule has 0 bridgehead atoms. The van der Waals surface area contributed by atoms with Crippen LogP contribution in [0.2, 0.25) is 5.02 Å². The molecule has 0 unspecified atom stereocenters. The van der Waals surface area contributed by atoms with E-state index >= 15 is 0 Å². The summed E-state index contributed by atoms with van der Waals surface area (Å²) < 4.78 is 26.4. The van der Waals surface area contributed by atoms with Crippen molar-refractivity contribution in [2.24, 2.45) is 5.92 Å². The van der Waals surface area contributed by atoms with Gasteiger partial charge in [-0.15, -0.1) is 0 Å². The molecule has 0 heterocycles. The number of sulfonamides is 1. The quantitative estimate of drug-likeness (QED) is 0.865. The Balaban J connectivity index is 2.18. The van der Waals surface area contributed by atoms with Gasteiger partial charge >= 0.3 is 0 Å². The monoisotopic (exact) mass is 324 g/mol. The Morgan fingerprint density at radius 1 is 1.38 bits per heavy atom. The van der Waals surface area contributed by atoms with Crippen LogP contribution in [0.25, 0.3) is 0 Å². The largest absolute Gasteiger partial charge is 0.274 e. The average Bonchev–Trinajstić information content (AvgIpc) is 2.47. The molecular weight excluding hydrogens is 312 g/mol. The molecule has 0 spiro atoms. The molecule has 1 atom stereocenters. The third kappa shape index (κ3) is 3.63. The van der Waals surface area contributed by atoms with E-state index in [-0.39, 0.29) is 21.4 Å². The number of rotatable bonds is 3. The summed E-state index contributed by atoms with van der Waals surface area (Å²) in [5.41, 5.74) is 0.180. The van der Waals surface area contributed by atoms with Crippen LogP contribution in [0.5, 0.6) is 0 Å². The molecular formula is C14H13ClN2O3S. The number of nitrogens with zero attached hydrogens (tertiary/aromatic N) is 1. The number of hydrogen-bond acceptors (Lipinski definition) is 4. The van der Waals surface area contributed by atoms with Crippen LogP contribution in [-0.4, -0.2) is 14.3 Å². The van der Waals surface area contributed by atoms with Gasteiger partial charge in [0, 0.05) is 5.92 Å². The molecule has 21 heavy (non-hydrogen) atoms. The third-order valence-corrected chi connectivity index (χ3v) is 4.90. The van der Waals surface area contributed by atoms with E-state index in [0.717, 1.165) is 12.5 Å². The second-order valence-corrected chi connectivity index (χ2v) is 6.79. The van der Waals surface area contributed by atoms with Gasteiger partial charge in [0.2, 0.25) is 5.91 Å². The number of nitrogens with one attached hydrogen (secondary N) is 1. The van der Waals surface area contributed by atoms with E-state index in [0.29, 0.717) is 12.8 Å². The summed E-state index contributed by atoms with van der Waals surface area (Å²) in [5.74, 6) is -0.849. The fraction of sp³-hybridized carbons (Fsp3) is 0.286. The number of benzene rings is 1. The molecule has 1 N–H and O–H groups in total. The first kappa shape index (κ1) is 15.5. The predicted octanol–water partition coefficient (Wildman–Crippen LogP) is 2.37. The van der Waals surface area contributed by atoms with Crippen molar-refractivity contribution in [3.8, 4) is 6.07 Å². The number of amides is 1. The van der Waals surface area contributed by atoms with Gasteiger partial charge in [0.25, 0.3) is 10.0 Å². The Kier molecular flexibility index (Phi) is 4.66. The van der Waals surface area contributed by atoms with Crippen molar-refractivity contribution >= 4 is 27.5 Å². The van der Waals surface area contributed by atoms with Crippen LogP contribution >= 0.6 is 11.6 Å². The van der Waals surface area contributed by atoms with E-state index in [9.17, 15) is 13.2 Å². The molecule has 1 aromatic rings. The summed E-state index contributed by atoms with van der Waals surface area (Å²) in [5, 5.41) is 8.80. The topological polar surface area (TPSA) is 87.0 Å². The Labute approximate surface area is 128 Å². The van der Waals surface area contributed by atoms with E-state index in [1.165, 1.54) is 12.1 Å². The number of allylic oxidation sites excluding steroid dienone is 2. The summed E-state index contributed by atoms with van der Waals surface area (Å²) in [4.78, 5) is 11.9. The summed E-state index contributed by atoms with van der Waals surface area (Å²) in [6.07, 6.45) is 5.78. The van der Waals surface area contributed by atoms with Crippen LogP contribution in [0.1, 0.15) is 24.8 Å². The maximum absolute atomic E-state index is 12.1. The zero-order chi connectivity index (χ0) is 15.5. The van der Waals surface area contributed by atoms with Gasteiger partial charge in [-0.2, -0.15) is 5.26 Å². The van der Waals surface area contributed by atoms with Crippen LogP contribution in [0.3, 0.4) is 0 Å². The number of carbonyl (C=O) groups is 1. The van der Waals surface area contributed by atoms with Gasteiger partial charge in [-0.25, -0.2) is 13.1 Å². The zero-order valence-electron chi connectivity index (χ0n) is 11.0. The Bertz CT molecular complexity index is 735. The van der Waals surface area contributed by atoms with E-state index in [2.05, 4.69) is 4.72 Å². The molecule has 5 nitrogen and oxygen atoms in total. The van der Waals surface area contributed by atoms with Crippen LogP contribution in [-0.2, 0) is 14.8 Å². The van der Waals surface area contributed by atoms with Crippen molar-refractivity contribution in [1.29, 1.82) is 5.26 Å². The normalized spacial score (nSPS) is 18.0. The number of halogens is 1. The molecule has 0 aromatic heterocycles. The zero-order valence-corrected chi connectivity index (χ0v) is 12.6. The standard InChI is InChI=1S/C14H13ClN2O3S/c15-13-8-12(7-6-11(13)9-16)21(19,20)17-14(18)10-4-2-1-3-5-10/h1-2,6-8,10H,3-5H2,(H,17,18)/t10-/m0/s1. The molecule has 7 heteroatoms. The van der Waals surface area contributed by atoms with Crippen LogP contribution < -0.4 is 4.72 Å². The first-order chi connectivity index (χ1) is 9.94. The second-order valence-electron chi connectivity index (χ2n) is 4.70. The summed E-state index contributed by atoms with van der Waals surface area (Å²) in [6.45, 7) is 0. The van der Waals surface area contributed by atoms with Gasteiger partial charge in [-0.3, -0.25) is 4.79 Å². The lowest BCUT2D eigenvalue weighted by Gasteiger charge is -2.17. The fourth-order valence-corrected chi connectivity index (χ4v) is 3.42. The first-order valence-corrected chi connectivity index (χ1v) is 8.21. The molecule has 1 aromatic carbocycles. The van der Waals surface area contributed by atoms with Crippen LogP contribution in [0, 0.1) is 17.2 Å². The van der Waals surface area contributed by atoms with Gasteiger partial charge in [0.15, 0.2) is 0 Å². The fourth-order valence-electron chi connectivity index (χ4n) is 2.06. The van der Waals surface area contributed by atoms with Gasteiger partial charge < -0.3 is 0 Å². The molecule has 1 aliphatic carbocycles. The minimum absolute atomic E-state index is 0.0356. The van der Waals surface area contributed by atoms with Crippen molar-refractivity contribution < 1.29 is 13.2 Å². The molecule has 0 saturated heterocycles. The van der Waals surface area contributed by atoms with Crippen molar-refractivity contribution in [3.05, 3.63) is 40.9 Å². The van der Waals surface area contributed by atoms with Crippen LogP contribution in [0.15, 0.2) is 35.2 Å². The highest BCUT2D eigenvalue weighted by Crippen LogP contribution is 2.22. The summed E-state index contributed by atoms with van der Waals surface area (Å²) in [7, 11) is -3.97. The Morgan fingerprint density at radius 3 is 2.71 bits per heavy atom. The van der Waals surface area contributed by atoms with E-state index in [1.54, 1.807) is 0 Å². The Morgan fingerprint density at radius 2 is 2.14 bits per heavy atom. The lowest BCUT2D eigenvalue weighted by molar-refractivity contribution is -0.123. The van der Waals surface area contributed by atoms with E-state index in [4.69, 9.17) is 16.9 Å². The Hall–Kier alpha value is -1.84. The van der Waals surface area contributed by atoms with Gasteiger partial charge in [0.05, 0.1) is 15.5 Å². The molecule has 0 saturated carbocycles. The maximum Gasteiger partial charge on any atom is 0.264 e. The molecule has 2 rings (SSSR count). The number of nitriles is 1. The van der Waals surface area contributed by atoms with Crippen molar-refractivity contribution in [1.82, 2.24) is 4.72 Å². The highest BCUT2D eigenvalue weighted by atomic mass is 35.5. The molecule has 110 valence electrons. The van der Waals surface area contributed by atoms with Crippen molar-refractivity contribution in [2.75, 3.05) is 0 Å². The minimum Gasteiger partial charge on any atom is -0.274 e. The van der Waals surface area contributed by atoms with Crippen molar-refractivity contribution in [2.45, 2.75) is 24.2 Å². The predicted molar refractivity (Wildman–Crippen MR) is 78.0 cm³/mol. The first-order valence-electron chi connectivity index (χ1n) is 6.35. The lowest BCUT2D eigenvalue weighted by Crippen LogP contribution is -2.36. The molecule has 0 aliphatic heterocycles. The average molecular weight is 325 g/mol. The van der Waals surface area contributed by atoms with Gasteiger partial charge in [0.1, 0.15) is 6.07 Å². The third-order valence-electron chi connectivity index (χ3n) is 3.25. The molecule has 0 radical (unpaired) electrons. The lowest BCUT2D eigenvalue weighted by atomic mass is 9.94. The molecule has 0 fully saturated rings. The van der Waals surface area contributed by atoms with Gasteiger partial charge in [-0.1, -0.05) is 23.8 Å². The summed E-state index contributed by atoms with van der Waals surface area (Å²) >= 11 is 5.81. The van der Waals surface area contributed by atoms with Crippen LogP contribution in [0.4, 0.5) is 0 Å². The smallest absolute Gasteiger partial charge is 0.264 e. The SMILES string of the molecule is N#Cc1ccc(S(=O)(=O)NC(=O)[C@H]2CC=CCC2)cc1Cl. The molecule has 1 aliphatic rings.